The van der Waals surface area contributed by atoms with E-state index in [4.69, 9.17) is 10.2 Å². The molecular weight excluding hydrogens is 308 g/mol. The quantitative estimate of drug-likeness (QED) is 0.702. The van der Waals surface area contributed by atoms with Gasteiger partial charge in [0.05, 0.1) is 25.0 Å². The highest BCUT2D eigenvalue weighted by Crippen LogP contribution is 2.15. The number of nitrogens with one attached hydrogen (secondary N) is 1. The van der Waals surface area contributed by atoms with E-state index in [0.717, 1.165) is 44.5 Å². The largest absolute Gasteiger partial charge is 0.472 e. The summed E-state index contributed by atoms with van der Waals surface area (Å²) in [5.41, 5.74) is 6.38. The molecule has 1 saturated heterocycles. The van der Waals surface area contributed by atoms with E-state index in [1.165, 1.54) is 0 Å². The number of furan rings is 1. The first kappa shape index (κ1) is 18.3. The van der Waals surface area contributed by atoms with Crippen molar-refractivity contribution in [3.63, 3.8) is 0 Å². The number of rotatable bonds is 8. The third kappa shape index (κ3) is 5.56. The number of urea groups is 1. The van der Waals surface area contributed by atoms with E-state index in [1.54, 1.807) is 17.4 Å². The summed E-state index contributed by atoms with van der Waals surface area (Å²) in [6.45, 7) is 6.38. The second-order valence-electron chi connectivity index (χ2n) is 6.27. The molecule has 1 aliphatic heterocycles. The molecule has 0 bridgehead atoms. The van der Waals surface area contributed by atoms with Gasteiger partial charge >= 0.3 is 6.03 Å². The first-order chi connectivity index (χ1) is 11.6. The fourth-order valence-corrected chi connectivity index (χ4v) is 3.03. The number of nitrogens with two attached hydrogens (primary N) is 1. The molecule has 1 aliphatic rings. The zero-order valence-electron chi connectivity index (χ0n) is 14.4. The lowest BCUT2D eigenvalue weighted by Gasteiger charge is -2.31. The van der Waals surface area contributed by atoms with E-state index >= 15 is 0 Å². The van der Waals surface area contributed by atoms with Crippen LogP contribution in [0.3, 0.4) is 0 Å². The number of carbonyl (C=O) groups excluding carboxylic acids is 2. The number of piperidine rings is 1. The lowest BCUT2D eigenvalue weighted by atomic mass is 9.97. The van der Waals surface area contributed by atoms with E-state index in [1.807, 2.05) is 13.0 Å². The summed E-state index contributed by atoms with van der Waals surface area (Å²) in [6, 6.07) is 1.80. The van der Waals surface area contributed by atoms with Crippen LogP contribution in [0.15, 0.2) is 23.0 Å². The van der Waals surface area contributed by atoms with E-state index in [0.29, 0.717) is 19.6 Å². The Hall–Kier alpha value is -2.02. The number of hydrogen-bond acceptors (Lipinski definition) is 4. The highest BCUT2D eigenvalue weighted by atomic mass is 16.3. The second-order valence-corrected chi connectivity index (χ2v) is 6.27. The van der Waals surface area contributed by atoms with E-state index in [-0.39, 0.29) is 17.9 Å². The van der Waals surface area contributed by atoms with Gasteiger partial charge in [0.15, 0.2) is 0 Å². The summed E-state index contributed by atoms with van der Waals surface area (Å²) in [5.74, 6) is -0.232. The Kier molecular flexibility index (Phi) is 7.11. The molecular formula is C17H28N4O3. The van der Waals surface area contributed by atoms with Gasteiger partial charge in [0.1, 0.15) is 0 Å². The molecule has 2 rings (SSSR count). The van der Waals surface area contributed by atoms with Gasteiger partial charge in [-0.25, -0.2) is 4.79 Å². The molecule has 134 valence electrons. The van der Waals surface area contributed by atoms with Gasteiger partial charge in [0, 0.05) is 25.2 Å². The van der Waals surface area contributed by atoms with Gasteiger partial charge in [-0.05, 0) is 45.3 Å². The van der Waals surface area contributed by atoms with Crippen molar-refractivity contribution in [1.29, 1.82) is 0 Å². The van der Waals surface area contributed by atoms with Crippen LogP contribution >= 0.6 is 0 Å². The van der Waals surface area contributed by atoms with Gasteiger partial charge < -0.3 is 25.3 Å². The number of likely N-dealkylation sites (tertiary alicyclic amines) is 1. The van der Waals surface area contributed by atoms with Crippen LogP contribution in [0.2, 0.25) is 0 Å². The monoisotopic (exact) mass is 336 g/mol. The fraction of sp³-hybridized carbons (Fsp3) is 0.647. The van der Waals surface area contributed by atoms with Gasteiger partial charge in [-0.3, -0.25) is 4.79 Å². The van der Waals surface area contributed by atoms with Crippen molar-refractivity contribution >= 4 is 11.9 Å². The molecule has 0 radical (unpaired) electrons. The first-order valence-corrected chi connectivity index (χ1v) is 8.65. The molecule has 7 nitrogen and oxygen atoms in total. The molecule has 3 amide bonds. The zero-order valence-corrected chi connectivity index (χ0v) is 14.4. The van der Waals surface area contributed by atoms with Crippen LogP contribution < -0.4 is 11.1 Å². The Balaban J connectivity index is 1.65. The molecule has 0 aromatic carbocycles. The molecule has 1 atom stereocenters. The number of amides is 3. The number of carbonyl (C=O) groups is 2. The fourth-order valence-electron chi connectivity index (χ4n) is 3.03. The summed E-state index contributed by atoms with van der Waals surface area (Å²) in [7, 11) is 0. The van der Waals surface area contributed by atoms with Gasteiger partial charge in [0.25, 0.3) is 0 Å². The minimum Gasteiger partial charge on any atom is -0.472 e. The van der Waals surface area contributed by atoms with Gasteiger partial charge in [-0.2, -0.15) is 0 Å². The second kappa shape index (κ2) is 9.32. The molecule has 0 aliphatic carbocycles. The number of primary amides is 1. The summed E-state index contributed by atoms with van der Waals surface area (Å²) in [6.07, 6.45) is 6.03. The summed E-state index contributed by atoms with van der Waals surface area (Å²) in [5, 5.41) is 2.96. The van der Waals surface area contributed by atoms with Crippen LogP contribution in [0, 0.1) is 5.92 Å². The Morgan fingerprint density at radius 1 is 1.50 bits per heavy atom. The predicted octanol–water partition coefficient (Wildman–Crippen LogP) is 1.40. The Morgan fingerprint density at radius 3 is 3.00 bits per heavy atom. The van der Waals surface area contributed by atoms with Crippen LogP contribution in [-0.4, -0.2) is 54.5 Å². The molecule has 3 N–H and O–H groups in total. The average molecular weight is 336 g/mol. The van der Waals surface area contributed by atoms with Crippen molar-refractivity contribution in [3.05, 3.63) is 24.2 Å². The van der Waals surface area contributed by atoms with Crippen molar-refractivity contribution in [2.75, 3.05) is 32.7 Å². The first-order valence-electron chi connectivity index (χ1n) is 8.65. The SMILES string of the molecule is CCN(Cc1ccoc1)C(=O)NCCCN1CCC[C@@H](C(N)=O)C1. The van der Waals surface area contributed by atoms with Gasteiger partial charge in [0.2, 0.25) is 5.91 Å². The third-order valence-corrected chi connectivity index (χ3v) is 4.46. The van der Waals surface area contributed by atoms with Crippen LogP contribution in [0.1, 0.15) is 31.7 Å². The third-order valence-electron chi connectivity index (χ3n) is 4.46. The van der Waals surface area contributed by atoms with Crippen molar-refractivity contribution < 1.29 is 14.0 Å². The van der Waals surface area contributed by atoms with Gasteiger partial charge in [-0.1, -0.05) is 0 Å². The van der Waals surface area contributed by atoms with Crippen LogP contribution in [0.25, 0.3) is 0 Å². The van der Waals surface area contributed by atoms with E-state index < -0.39 is 0 Å². The zero-order chi connectivity index (χ0) is 17.4. The molecule has 0 spiro atoms. The number of hydrogen-bond donors (Lipinski definition) is 2. The lowest BCUT2D eigenvalue weighted by molar-refractivity contribution is -0.123. The van der Waals surface area contributed by atoms with Crippen molar-refractivity contribution in [1.82, 2.24) is 15.1 Å². The smallest absolute Gasteiger partial charge is 0.317 e. The minimum absolute atomic E-state index is 0.0288. The summed E-state index contributed by atoms with van der Waals surface area (Å²) >= 11 is 0. The number of nitrogens with zero attached hydrogens (tertiary/aromatic N) is 2. The van der Waals surface area contributed by atoms with E-state index in [9.17, 15) is 9.59 Å². The van der Waals surface area contributed by atoms with Crippen LogP contribution in [0.5, 0.6) is 0 Å². The average Bonchev–Trinajstić information content (AvgIpc) is 3.09. The Morgan fingerprint density at radius 2 is 2.33 bits per heavy atom. The molecule has 0 unspecified atom stereocenters. The van der Waals surface area contributed by atoms with Crippen molar-refractivity contribution in [2.24, 2.45) is 11.7 Å². The normalized spacial score (nSPS) is 18.3. The Bertz CT molecular complexity index is 518. The molecule has 24 heavy (non-hydrogen) atoms. The summed E-state index contributed by atoms with van der Waals surface area (Å²) < 4.78 is 5.03. The molecule has 2 heterocycles. The standard InChI is InChI=1S/C17H28N4O3/c1-2-21(11-14-6-10-24-13-14)17(23)19-7-4-9-20-8-3-5-15(12-20)16(18)22/h6,10,13,15H,2-5,7-9,11-12H2,1H3,(H2,18,22)(H,19,23)/t15-/m1/s1. The highest BCUT2D eigenvalue weighted by molar-refractivity contribution is 5.77. The maximum Gasteiger partial charge on any atom is 0.317 e. The Labute approximate surface area is 143 Å². The maximum absolute atomic E-state index is 12.2. The molecule has 7 heteroatoms. The van der Waals surface area contributed by atoms with Crippen molar-refractivity contribution in [3.8, 4) is 0 Å². The van der Waals surface area contributed by atoms with Crippen molar-refractivity contribution in [2.45, 2.75) is 32.7 Å². The summed E-state index contributed by atoms with van der Waals surface area (Å²) in [4.78, 5) is 27.5. The topological polar surface area (TPSA) is 91.8 Å². The lowest BCUT2D eigenvalue weighted by Crippen LogP contribution is -2.43. The highest BCUT2D eigenvalue weighted by Gasteiger charge is 2.23. The van der Waals surface area contributed by atoms with Crippen LogP contribution in [-0.2, 0) is 11.3 Å². The van der Waals surface area contributed by atoms with E-state index in [2.05, 4.69) is 10.2 Å². The molecule has 1 aromatic rings. The molecule has 1 fully saturated rings. The molecule has 0 saturated carbocycles. The predicted molar refractivity (Wildman–Crippen MR) is 91.2 cm³/mol. The van der Waals surface area contributed by atoms with Crippen LogP contribution in [0.4, 0.5) is 4.79 Å². The maximum atomic E-state index is 12.2. The molecule has 1 aromatic heterocycles. The minimum atomic E-state index is -0.203. The van der Waals surface area contributed by atoms with Gasteiger partial charge in [-0.15, -0.1) is 0 Å².